The van der Waals surface area contributed by atoms with E-state index in [4.69, 9.17) is 16.3 Å². The van der Waals surface area contributed by atoms with Crippen molar-refractivity contribution in [3.8, 4) is 12.1 Å². The van der Waals surface area contributed by atoms with Crippen LogP contribution in [0.1, 0.15) is 10.4 Å². The predicted octanol–water partition coefficient (Wildman–Crippen LogP) is 0.669. The number of amides is 1. The zero-order chi connectivity index (χ0) is 17.4. The standard InChI is InChI=1S/C15H14N8O/c16-6-8-23(9-7-17)14-12(18)13(19-10-20-14)21-22-15(24)11-4-2-1-3-5-11/h1-5,10H,8-9,18H2,(H,22,24)(H,19,20,21). The predicted molar refractivity (Wildman–Crippen MR) is 87.4 cm³/mol. The lowest BCUT2D eigenvalue weighted by Gasteiger charge is -2.20. The maximum Gasteiger partial charge on any atom is 0.269 e. The summed E-state index contributed by atoms with van der Waals surface area (Å²) in [5.41, 5.74) is 11.7. The van der Waals surface area contributed by atoms with Gasteiger partial charge in [0, 0.05) is 5.56 Å². The fourth-order valence-electron chi connectivity index (χ4n) is 1.89. The van der Waals surface area contributed by atoms with E-state index in [0.29, 0.717) is 5.56 Å². The highest BCUT2D eigenvalue weighted by Gasteiger charge is 2.15. The van der Waals surface area contributed by atoms with Crippen LogP contribution in [-0.2, 0) is 0 Å². The first kappa shape index (κ1) is 16.5. The Bertz CT molecular complexity index is 777. The Hall–Kier alpha value is -3.85. The highest BCUT2D eigenvalue weighted by Crippen LogP contribution is 2.25. The summed E-state index contributed by atoms with van der Waals surface area (Å²) in [4.78, 5) is 21.4. The lowest BCUT2D eigenvalue weighted by atomic mass is 10.2. The molecule has 9 heteroatoms. The molecule has 0 aliphatic rings. The number of nitrogens with two attached hydrogens (primary N) is 1. The number of rotatable bonds is 6. The SMILES string of the molecule is N#CCN(CC#N)c1ncnc(NNC(=O)c2ccccc2)c1N. The normalized spacial score (nSPS) is 9.42. The van der Waals surface area contributed by atoms with E-state index in [2.05, 4.69) is 20.8 Å². The average molecular weight is 322 g/mol. The van der Waals surface area contributed by atoms with Crippen LogP contribution in [0.4, 0.5) is 17.3 Å². The van der Waals surface area contributed by atoms with Crippen LogP contribution in [-0.4, -0.2) is 29.0 Å². The van der Waals surface area contributed by atoms with Crippen molar-refractivity contribution in [3.05, 3.63) is 42.2 Å². The average Bonchev–Trinajstić information content (AvgIpc) is 2.61. The molecule has 0 bridgehead atoms. The number of nitriles is 2. The highest BCUT2D eigenvalue weighted by molar-refractivity contribution is 5.95. The second-order valence-electron chi connectivity index (χ2n) is 4.58. The number of nitrogens with one attached hydrogen (secondary N) is 2. The monoisotopic (exact) mass is 322 g/mol. The second kappa shape index (κ2) is 7.96. The number of benzene rings is 1. The van der Waals surface area contributed by atoms with Crippen LogP contribution in [0.15, 0.2) is 36.7 Å². The summed E-state index contributed by atoms with van der Waals surface area (Å²) in [5, 5.41) is 17.7. The van der Waals surface area contributed by atoms with Gasteiger partial charge in [-0.3, -0.25) is 15.6 Å². The third-order valence-electron chi connectivity index (χ3n) is 3.02. The Morgan fingerprint density at radius 1 is 1.17 bits per heavy atom. The summed E-state index contributed by atoms with van der Waals surface area (Å²) >= 11 is 0. The summed E-state index contributed by atoms with van der Waals surface area (Å²) in [6.45, 7) is -0.102. The minimum Gasteiger partial charge on any atom is -0.393 e. The maximum absolute atomic E-state index is 12.0. The highest BCUT2D eigenvalue weighted by atomic mass is 16.2. The zero-order valence-electron chi connectivity index (χ0n) is 12.6. The van der Waals surface area contributed by atoms with Gasteiger partial charge in [-0.05, 0) is 12.1 Å². The van der Waals surface area contributed by atoms with Crippen molar-refractivity contribution in [3.63, 3.8) is 0 Å². The maximum atomic E-state index is 12.0. The van der Waals surface area contributed by atoms with Crippen molar-refractivity contribution in [2.75, 3.05) is 29.1 Å². The molecule has 0 fully saturated rings. The van der Waals surface area contributed by atoms with Crippen LogP contribution in [0.3, 0.4) is 0 Å². The van der Waals surface area contributed by atoms with Gasteiger partial charge < -0.3 is 10.6 Å². The van der Waals surface area contributed by atoms with Crippen molar-refractivity contribution in [1.29, 1.82) is 10.5 Å². The summed E-state index contributed by atoms with van der Waals surface area (Å²) < 4.78 is 0. The van der Waals surface area contributed by atoms with E-state index in [-0.39, 0.29) is 36.3 Å². The molecule has 24 heavy (non-hydrogen) atoms. The van der Waals surface area contributed by atoms with Crippen LogP contribution in [0, 0.1) is 22.7 Å². The van der Waals surface area contributed by atoms with Gasteiger partial charge in [-0.2, -0.15) is 10.5 Å². The Kier molecular flexibility index (Phi) is 5.48. The van der Waals surface area contributed by atoms with E-state index in [1.54, 1.807) is 30.3 Å². The van der Waals surface area contributed by atoms with Crippen molar-refractivity contribution in [2.24, 2.45) is 0 Å². The molecule has 1 aromatic carbocycles. The number of anilines is 3. The smallest absolute Gasteiger partial charge is 0.269 e. The molecule has 2 aromatic rings. The number of aromatic nitrogens is 2. The third-order valence-corrected chi connectivity index (χ3v) is 3.02. The summed E-state index contributed by atoms with van der Waals surface area (Å²) in [7, 11) is 0. The Morgan fingerprint density at radius 2 is 1.83 bits per heavy atom. The number of hydrazine groups is 1. The number of hydrogen-bond donors (Lipinski definition) is 3. The van der Waals surface area contributed by atoms with Gasteiger partial charge in [0.15, 0.2) is 11.6 Å². The number of carbonyl (C=O) groups is 1. The molecule has 0 aliphatic heterocycles. The van der Waals surface area contributed by atoms with Crippen molar-refractivity contribution >= 4 is 23.2 Å². The molecule has 0 saturated heterocycles. The van der Waals surface area contributed by atoms with Crippen molar-refractivity contribution in [1.82, 2.24) is 15.4 Å². The molecule has 0 unspecified atom stereocenters. The lowest BCUT2D eigenvalue weighted by Crippen LogP contribution is -2.31. The second-order valence-corrected chi connectivity index (χ2v) is 4.58. The van der Waals surface area contributed by atoms with Crippen LogP contribution in [0.2, 0.25) is 0 Å². The molecule has 1 aromatic heterocycles. The molecule has 0 radical (unpaired) electrons. The first-order chi connectivity index (χ1) is 11.7. The lowest BCUT2D eigenvalue weighted by molar-refractivity contribution is 0.0962. The van der Waals surface area contributed by atoms with Crippen LogP contribution < -0.4 is 21.5 Å². The molecule has 120 valence electrons. The molecule has 0 aliphatic carbocycles. The quantitative estimate of drug-likeness (QED) is 0.520. The van der Waals surface area contributed by atoms with Crippen LogP contribution >= 0.6 is 0 Å². The van der Waals surface area contributed by atoms with Crippen molar-refractivity contribution < 1.29 is 4.79 Å². The van der Waals surface area contributed by atoms with Gasteiger partial charge in [0.05, 0.1) is 12.1 Å². The topological polar surface area (TPSA) is 144 Å². The van der Waals surface area contributed by atoms with E-state index < -0.39 is 0 Å². The number of nitrogen functional groups attached to an aromatic ring is 1. The fourth-order valence-corrected chi connectivity index (χ4v) is 1.89. The number of hydrogen-bond acceptors (Lipinski definition) is 8. The molecule has 0 saturated carbocycles. The molecule has 4 N–H and O–H groups in total. The molecular formula is C15H14N8O. The first-order valence-corrected chi connectivity index (χ1v) is 6.88. The first-order valence-electron chi connectivity index (χ1n) is 6.88. The van der Waals surface area contributed by atoms with E-state index >= 15 is 0 Å². The van der Waals surface area contributed by atoms with Gasteiger partial charge in [-0.15, -0.1) is 0 Å². The Labute approximate surface area is 138 Å². The molecule has 9 nitrogen and oxygen atoms in total. The minimum atomic E-state index is -0.360. The fraction of sp³-hybridized carbons (Fsp3) is 0.133. The van der Waals surface area contributed by atoms with Crippen molar-refractivity contribution in [2.45, 2.75) is 0 Å². The summed E-state index contributed by atoms with van der Waals surface area (Å²) in [6.07, 6.45) is 1.23. The number of carbonyl (C=O) groups excluding carboxylic acids is 1. The van der Waals surface area contributed by atoms with Gasteiger partial charge in [0.25, 0.3) is 5.91 Å². The van der Waals surface area contributed by atoms with Gasteiger partial charge in [-0.25, -0.2) is 9.97 Å². The third kappa shape index (κ3) is 3.87. The summed E-state index contributed by atoms with van der Waals surface area (Å²) in [6, 6.07) is 12.5. The van der Waals surface area contributed by atoms with Gasteiger partial charge in [-0.1, -0.05) is 18.2 Å². The molecular weight excluding hydrogens is 308 g/mol. The largest absolute Gasteiger partial charge is 0.393 e. The zero-order valence-corrected chi connectivity index (χ0v) is 12.6. The van der Waals surface area contributed by atoms with E-state index in [1.165, 1.54) is 11.2 Å². The Balaban J connectivity index is 2.14. The van der Waals surface area contributed by atoms with E-state index in [1.807, 2.05) is 12.1 Å². The van der Waals surface area contributed by atoms with E-state index in [9.17, 15) is 4.79 Å². The van der Waals surface area contributed by atoms with Gasteiger partial charge in [0.1, 0.15) is 25.1 Å². The molecule has 1 heterocycles. The minimum absolute atomic E-state index is 0.0510. The van der Waals surface area contributed by atoms with Gasteiger partial charge in [0.2, 0.25) is 0 Å². The van der Waals surface area contributed by atoms with E-state index in [0.717, 1.165) is 0 Å². The van der Waals surface area contributed by atoms with Crippen LogP contribution in [0.5, 0.6) is 0 Å². The van der Waals surface area contributed by atoms with Gasteiger partial charge >= 0.3 is 0 Å². The molecule has 0 atom stereocenters. The molecule has 0 spiro atoms. The summed E-state index contributed by atoms with van der Waals surface area (Å²) in [5.74, 6) is 0.0517. The molecule has 2 rings (SSSR count). The molecule has 1 amide bonds. The number of nitrogens with zero attached hydrogens (tertiary/aromatic N) is 5. The van der Waals surface area contributed by atoms with Crippen LogP contribution in [0.25, 0.3) is 0 Å². The Morgan fingerprint density at radius 3 is 2.46 bits per heavy atom.